The summed E-state index contributed by atoms with van der Waals surface area (Å²) in [5.41, 5.74) is 16.3. The second kappa shape index (κ2) is 27.5. The molecule has 0 spiro atoms. The van der Waals surface area contributed by atoms with Gasteiger partial charge in [0.1, 0.15) is 39.6 Å². The lowest BCUT2D eigenvalue weighted by molar-refractivity contribution is 0.0591. The fourth-order valence-electron chi connectivity index (χ4n) is 13.2. The van der Waals surface area contributed by atoms with Gasteiger partial charge in [0, 0.05) is 0 Å². The van der Waals surface area contributed by atoms with Crippen molar-refractivity contribution in [3.8, 4) is 69.0 Å². The van der Waals surface area contributed by atoms with E-state index in [2.05, 4.69) is 0 Å². The number of hydrogen-bond donors (Lipinski definition) is 0. The minimum Gasteiger partial charge on any atom is -0.493 e. The predicted molar refractivity (Wildman–Crippen MR) is 354 cm³/mol. The maximum Gasteiger partial charge on any atom is 0.337 e. The molecule has 0 saturated carbocycles. The van der Waals surface area contributed by atoms with Gasteiger partial charge in [0.2, 0.25) is 0 Å². The summed E-state index contributed by atoms with van der Waals surface area (Å²) < 4.78 is 93.6. The van der Waals surface area contributed by atoms with Crippen molar-refractivity contribution in [2.45, 2.75) is 78.2 Å². The summed E-state index contributed by atoms with van der Waals surface area (Å²) in [6.07, 6.45) is 2.60. The molecule has 9 aromatic carbocycles. The van der Waals surface area contributed by atoms with Crippen molar-refractivity contribution >= 4 is 17.9 Å². The van der Waals surface area contributed by atoms with Crippen LogP contribution < -0.4 is 56.8 Å². The standard InChI is InChI=1S/C78H72O18/c1-82-64-25-49-19-56-32-71-66(84-3)27-51(56)21-57-33-72-65(83-2)26-50(57)20-55(49)31-70(64)91-37-43-10-44(14-61(13-43)76(79)88-7)38-93-73-34-58-22-53-29-68(86-5)75(96-42-48-12-47(40-94-72)17-63(18-48)78(81)90-9)36-60(53)24-54-30-69(87-6)74(35-59(54)23-52(58)28-67(73)85-4)95-41-46-11-45(39-92-71)15-62(16-46)77(80)89-8/h10-18,25-36H,19-24,37-42H2,1-9H3. The molecule has 24 bridgehead atoms. The van der Waals surface area contributed by atoms with Crippen molar-refractivity contribution in [2.24, 2.45) is 0 Å². The van der Waals surface area contributed by atoms with Gasteiger partial charge in [-0.1, -0.05) is 0 Å². The van der Waals surface area contributed by atoms with E-state index in [0.717, 1.165) is 66.8 Å². The van der Waals surface area contributed by atoms with E-state index in [9.17, 15) is 14.4 Å². The van der Waals surface area contributed by atoms with Crippen molar-refractivity contribution in [1.29, 1.82) is 0 Å². The molecule has 0 saturated heterocycles. The molecule has 14 aliphatic rings. The Morgan fingerprint density at radius 2 is 0.385 bits per heavy atom. The molecular formula is C78H72O18. The lowest BCUT2D eigenvalue weighted by Crippen LogP contribution is -2.08. The Hall–Kier alpha value is -11.0. The van der Waals surface area contributed by atoms with E-state index in [1.54, 1.807) is 79.1 Å². The zero-order chi connectivity index (χ0) is 66.7. The first kappa shape index (κ1) is 63.7. The SMILES string of the molecule is COC(=O)c1cc2cc(c1)COc1cc3c(cc1OC)Cc1cc4c(OC)cc1Cc1cc(c(OC)cc1C3)OCc1cc(cc(C(=O)OC)c1)COc1cc3c(cc1OC)Cc1cc(c(OC)cc1Cc1cc(c(OC)cc1C3)OCc1cc(cc(C(=O)OC)c1)CO4)OC2. The van der Waals surface area contributed by atoms with Crippen LogP contribution in [0.1, 0.15) is 131 Å². The van der Waals surface area contributed by atoms with Gasteiger partial charge in [0.15, 0.2) is 69.0 Å². The van der Waals surface area contributed by atoms with Crippen LogP contribution in [0, 0.1) is 0 Å². The molecule has 18 nitrogen and oxygen atoms in total. The first-order valence-corrected chi connectivity index (χ1v) is 31.3. The molecule has 23 rings (SSSR count). The van der Waals surface area contributed by atoms with Gasteiger partial charge in [-0.05, 0) is 266 Å². The summed E-state index contributed by atoms with van der Waals surface area (Å²) in [6.45, 7) is 0.211. The highest BCUT2D eigenvalue weighted by Crippen LogP contribution is 2.45. The van der Waals surface area contributed by atoms with E-state index in [1.165, 1.54) is 21.3 Å². The van der Waals surface area contributed by atoms with Gasteiger partial charge in [-0.25, -0.2) is 14.4 Å². The van der Waals surface area contributed by atoms with E-state index in [4.69, 9.17) is 71.1 Å². The third-order valence-corrected chi connectivity index (χ3v) is 18.0. The molecule has 0 N–H and O–H groups in total. The van der Waals surface area contributed by atoms with Crippen LogP contribution in [-0.4, -0.2) is 81.9 Å². The molecule has 18 heteroatoms. The van der Waals surface area contributed by atoms with E-state index < -0.39 is 17.9 Å². The molecule has 0 fully saturated rings. The van der Waals surface area contributed by atoms with Crippen LogP contribution in [-0.2, 0) is 92.4 Å². The zero-order valence-corrected chi connectivity index (χ0v) is 55.0. The molecular weight excluding hydrogens is 1220 g/mol. The highest BCUT2D eigenvalue weighted by atomic mass is 16.6. The van der Waals surface area contributed by atoms with Crippen molar-refractivity contribution < 1.29 is 85.4 Å². The van der Waals surface area contributed by atoms with Crippen LogP contribution in [0.25, 0.3) is 0 Å². The Labute approximate surface area is 556 Å². The lowest BCUT2D eigenvalue weighted by atomic mass is 9.94. The summed E-state index contributed by atoms with van der Waals surface area (Å²) in [4.78, 5) is 40.5. The van der Waals surface area contributed by atoms with Crippen LogP contribution in [0.15, 0.2) is 127 Å². The largest absolute Gasteiger partial charge is 0.493 e. The van der Waals surface area contributed by atoms with Gasteiger partial charge in [-0.15, -0.1) is 0 Å². The van der Waals surface area contributed by atoms with Crippen molar-refractivity contribution in [2.75, 3.05) is 64.0 Å². The fourth-order valence-corrected chi connectivity index (χ4v) is 13.2. The molecule has 0 aromatic heterocycles. The highest BCUT2D eigenvalue weighted by molar-refractivity contribution is 5.91. The van der Waals surface area contributed by atoms with E-state index in [-0.39, 0.29) is 39.6 Å². The molecule has 96 heavy (non-hydrogen) atoms. The fraction of sp³-hybridized carbons (Fsp3) is 0.269. The smallest absolute Gasteiger partial charge is 0.337 e. The number of carbonyl (C=O) groups is 3. The molecule has 12 heterocycles. The van der Waals surface area contributed by atoms with E-state index >= 15 is 0 Å². The Morgan fingerprint density at radius 1 is 0.229 bits per heavy atom. The average Bonchev–Trinajstić information content (AvgIpc) is 1.57. The van der Waals surface area contributed by atoms with Gasteiger partial charge in [-0.3, -0.25) is 0 Å². The predicted octanol–water partition coefficient (Wildman–Crippen LogP) is 13.4. The Kier molecular flexibility index (Phi) is 18.3. The van der Waals surface area contributed by atoms with Crippen LogP contribution >= 0.6 is 0 Å². The van der Waals surface area contributed by atoms with Crippen LogP contribution in [0.4, 0.5) is 0 Å². The first-order valence-electron chi connectivity index (χ1n) is 31.3. The summed E-state index contributed by atoms with van der Waals surface area (Å²) in [5, 5.41) is 0. The minimum atomic E-state index is -0.525. The van der Waals surface area contributed by atoms with Crippen LogP contribution in [0.2, 0.25) is 0 Å². The number of hydrogen-bond acceptors (Lipinski definition) is 18. The Balaban J connectivity index is 1.06. The molecule has 492 valence electrons. The van der Waals surface area contributed by atoms with Gasteiger partial charge >= 0.3 is 17.9 Å². The van der Waals surface area contributed by atoms with Gasteiger partial charge in [0.05, 0.1) is 80.7 Å². The second-order valence-electron chi connectivity index (χ2n) is 24.0. The highest BCUT2D eigenvalue weighted by Gasteiger charge is 2.27. The normalized spacial score (nSPS) is 13.6. The lowest BCUT2D eigenvalue weighted by Gasteiger charge is -2.19. The summed E-state index contributed by atoms with van der Waals surface area (Å²) in [5.74, 6) is 4.16. The quantitative estimate of drug-likeness (QED) is 0.0978. The third-order valence-electron chi connectivity index (χ3n) is 18.0. The Morgan fingerprint density at radius 3 is 0.531 bits per heavy atom. The zero-order valence-electron chi connectivity index (χ0n) is 55.0. The Bertz CT molecular complexity index is 3840. The monoisotopic (exact) mass is 1300 g/mol. The van der Waals surface area contributed by atoms with Crippen molar-refractivity contribution in [3.63, 3.8) is 0 Å². The van der Waals surface area contributed by atoms with Crippen molar-refractivity contribution in [3.05, 3.63) is 244 Å². The number of benzene rings is 9. The molecule has 0 radical (unpaired) electrons. The molecule has 12 aliphatic heterocycles. The number of ether oxygens (including phenoxy) is 15. The van der Waals surface area contributed by atoms with Crippen LogP contribution in [0.5, 0.6) is 69.0 Å². The van der Waals surface area contributed by atoms with Crippen molar-refractivity contribution in [1.82, 2.24) is 0 Å². The average molecular weight is 1300 g/mol. The van der Waals surface area contributed by atoms with Crippen LogP contribution in [0.3, 0.4) is 0 Å². The molecule has 2 aliphatic carbocycles. The number of esters is 3. The topological polar surface area (TPSA) is 190 Å². The number of carbonyl (C=O) groups excluding carboxylic acids is 3. The molecule has 9 aromatic rings. The minimum absolute atomic E-state index is 0.0351. The van der Waals surface area contributed by atoms with Gasteiger partial charge < -0.3 is 71.1 Å². The summed E-state index contributed by atoms with van der Waals surface area (Å²) in [7, 11) is 13.7. The molecule has 0 amide bonds. The maximum absolute atomic E-state index is 13.5. The van der Waals surface area contributed by atoms with E-state index in [0.29, 0.717) is 158 Å². The van der Waals surface area contributed by atoms with Gasteiger partial charge in [-0.2, -0.15) is 0 Å². The second-order valence-corrected chi connectivity index (χ2v) is 24.0. The number of methoxy groups -OCH3 is 9. The van der Waals surface area contributed by atoms with E-state index in [1.807, 2.05) is 91.0 Å². The first-order chi connectivity index (χ1) is 46.7. The molecule has 0 atom stereocenters. The maximum atomic E-state index is 13.5. The molecule has 0 unspecified atom stereocenters. The summed E-state index contributed by atoms with van der Waals surface area (Å²) in [6, 6.07) is 40.4. The van der Waals surface area contributed by atoms with Gasteiger partial charge in [0.25, 0.3) is 0 Å². The summed E-state index contributed by atoms with van der Waals surface area (Å²) >= 11 is 0. The number of rotatable bonds is 9. The third kappa shape index (κ3) is 13.3.